The molecule has 4 rings (SSSR count). The van der Waals surface area contributed by atoms with E-state index in [1.54, 1.807) is 17.0 Å². The molecule has 8 heteroatoms. The fourth-order valence-corrected chi connectivity index (χ4v) is 3.34. The number of nitrogens with one attached hydrogen (secondary N) is 1. The second-order valence-electron chi connectivity index (χ2n) is 7.10. The number of carbonyl (C=O) groups excluding carboxylic acids is 2. The first kappa shape index (κ1) is 19.6. The second-order valence-corrected chi connectivity index (χ2v) is 7.10. The molecule has 154 valence electrons. The highest BCUT2D eigenvalue weighted by molar-refractivity contribution is 6.03. The summed E-state index contributed by atoms with van der Waals surface area (Å²) < 4.78 is 11.1. The minimum atomic E-state index is -0.330. The molecule has 2 aromatic carbocycles. The van der Waals surface area contributed by atoms with Crippen LogP contribution in [0, 0.1) is 6.92 Å². The summed E-state index contributed by atoms with van der Waals surface area (Å²) in [5.74, 6) is 0.504. The van der Waals surface area contributed by atoms with E-state index >= 15 is 0 Å². The van der Waals surface area contributed by atoms with Crippen molar-refractivity contribution in [3.05, 3.63) is 65.5 Å². The third-order valence-corrected chi connectivity index (χ3v) is 4.91. The fraction of sp³-hybridized carbons (Fsp3) is 0.273. The number of aryl methyl sites for hydroxylation is 1. The van der Waals surface area contributed by atoms with Crippen LogP contribution in [-0.4, -0.2) is 35.2 Å². The van der Waals surface area contributed by atoms with Crippen LogP contribution in [0.5, 0.6) is 5.75 Å². The topological polar surface area (TPSA) is 97.6 Å². The maximum absolute atomic E-state index is 12.5. The summed E-state index contributed by atoms with van der Waals surface area (Å²) in [4.78, 5) is 26.5. The molecule has 1 aliphatic rings. The summed E-state index contributed by atoms with van der Waals surface area (Å²) in [6.07, 6.45) is 0.265. The number of hydrogen-bond acceptors (Lipinski definition) is 6. The van der Waals surface area contributed by atoms with E-state index in [0.29, 0.717) is 24.6 Å². The first-order valence-electron chi connectivity index (χ1n) is 9.78. The van der Waals surface area contributed by atoms with Crippen molar-refractivity contribution in [2.75, 3.05) is 23.4 Å². The number of amides is 2. The monoisotopic (exact) mass is 406 g/mol. The Hall–Kier alpha value is -3.68. The summed E-state index contributed by atoms with van der Waals surface area (Å²) in [5.41, 5.74) is 2.35. The molecule has 0 spiro atoms. The van der Waals surface area contributed by atoms with Crippen molar-refractivity contribution < 1.29 is 18.7 Å². The minimum absolute atomic E-state index is 0.0162. The maximum Gasteiger partial charge on any atom is 0.322 e. The van der Waals surface area contributed by atoms with Crippen LogP contribution in [0.4, 0.5) is 11.7 Å². The van der Waals surface area contributed by atoms with Gasteiger partial charge in [-0.1, -0.05) is 22.8 Å². The maximum atomic E-state index is 12.5. The average Bonchev–Trinajstić information content (AvgIpc) is 3.36. The molecule has 1 atom stereocenters. The van der Waals surface area contributed by atoms with Gasteiger partial charge in [0.2, 0.25) is 11.8 Å². The van der Waals surface area contributed by atoms with Crippen LogP contribution in [0.15, 0.2) is 52.9 Å². The summed E-state index contributed by atoms with van der Waals surface area (Å²) >= 11 is 0. The zero-order valence-corrected chi connectivity index (χ0v) is 16.8. The van der Waals surface area contributed by atoms with Crippen molar-refractivity contribution in [3.63, 3.8) is 0 Å². The van der Waals surface area contributed by atoms with Gasteiger partial charge >= 0.3 is 6.01 Å². The van der Waals surface area contributed by atoms with E-state index < -0.39 is 0 Å². The molecule has 1 aromatic heterocycles. The zero-order chi connectivity index (χ0) is 21.1. The number of nitrogens with zero attached hydrogens (tertiary/aromatic N) is 3. The van der Waals surface area contributed by atoms with Gasteiger partial charge < -0.3 is 14.1 Å². The number of anilines is 2. The quantitative estimate of drug-likeness (QED) is 0.672. The summed E-state index contributed by atoms with van der Waals surface area (Å²) in [7, 11) is 0. The zero-order valence-electron chi connectivity index (χ0n) is 16.8. The Morgan fingerprint density at radius 2 is 1.90 bits per heavy atom. The molecule has 3 aromatic rings. The summed E-state index contributed by atoms with van der Waals surface area (Å²) in [5, 5.41) is 10.5. The number of carbonyl (C=O) groups is 2. The van der Waals surface area contributed by atoms with E-state index in [1.807, 2.05) is 50.2 Å². The van der Waals surface area contributed by atoms with Gasteiger partial charge in [-0.2, -0.15) is 0 Å². The SMILES string of the molecule is CCOc1ccc(N2CC(c3nnc(NC(=O)c4ccc(C)cc4)o3)CC2=O)cc1. The molecule has 0 saturated carbocycles. The molecule has 30 heavy (non-hydrogen) atoms. The Bertz CT molecular complexity index is 1040. The smallest absolute Gasteiger partial charge is 0.322 e. The minimum Gasteiger partial charge on any atom is -0.494 e. The van der Waals surface area contributed by atoms with Gasteiger partial charge in [0.1, 0.15) is 5.75 Å². The van der Waals surface area contributed by atoms with Crippen LogP contribution in [-0.2, 0) is 4.79 Å². The standard InChI is InChI=1S/C22H22N4O4/c1-3-29-18-10-8-17(9-11-18)26-13-16(12-19(26)27)21-24-25-22(30-21)23-20(28)15-6-4-14(2)5-7-15/h4-11,16H,3,12-13H2,1-2H3,(H,23,25,28). The van der Waals surface area contributed by atoms with Gasteiger partial charge in [-0.15, -0.1) is 5.10 Å². The molecule has 2 heterocycles. The molecule has 0 radical (unpaired) electrons. The van der Waals surface area contributed by atoms with Crippen molar-refractivity contribution in [1.82, 2.24) is 10.2 Å². The van der Waals surface area contributed by atoms with Crippen molar-refractivity contribution in [2.45, 2.75) is 26.2 Å². The van der Waals surface area contributed by atoms with Gasteiger partial charge in [0, 0.05) is 24.2 Å². The molecule has 0 bridgehead atoms. The van der Waals surface area contributed by atoms with Crippen molar-refractivity contribution >= 4 is 23.5 Å². The highest BCUT2D eigenvalue weighted by atomic mass is 16.5. The van der Waals surface area contributed by atoms with E-state index in [-0.39, 0.29) is 30.2 Å². The van der Waals surface area contributed by atoms with Gasteiger partial charge in [-0.3, -0.25) is 14.9 Å². The van der Waals surface area contributed by atoms with E-state index in [4.69, 9.17) is 9.15 Å². The van der Waals surface area contributed by atoms with Crippen LogP contribution in [0.25, 0.3) is 0 Å². The van der Waals surface area contributed by atoms with Gasteiger partial charge in [0.05, 0.1) is 12.5 Å². The molecular formula is C22H22N4O4. The fourth-order valence-electron chi connectivity index (χ4n) is 3.34. The van der Waals surface area contributed by atoms with Gasteiger partial charge in [-0.25, -0.2) is 0 Å². The molecule has 1 saturated heterocycles. The molecule has 1 aliphatic heterocycles. The largest absolute Gasteiger partial charge is 0.494 e. The lowest BCUT2D eigenvalue weighted by atomic mass is 10.1. The van der Waals surface area contributed by atoms with E-state index in [9.17, 15) is 9.59 Å². The van der Waals surface area contributed by atoms with Crippen LogP contribution in [0.2, 0.25) is 0 Å². The van der Waals surface area contributed by atoms with Gasteiger partial charge in [0.15, 0.2) is 0 Å². The number of hydrogen-bond donors (Lipinski definition) is 1. The predicted octanol–water partition coefficient (Wildman–Crippen LogP) is 3.55. The Morgan fingerprint density at radius 1 is 1.17 bits per heavy atom. The lowest BCUT2D eigenvalue weighted by molar-refractivity contribution is -0.117. The Balaban J connectivity index is 1.41. The lowest BCUT2D eigenvalue weighted by Crippen LogP contribution is -2.24. The molecule has 2 amide bonds. The van der Waals surface area contributed by atoms with Crippen molar-refractivity contribution in [2.24, 2.45) is 0 Å². The molecule has 1 N–H and O–H groups in total. The molecule has 1 fully saturated rings. The number of rotatable bonds is 6. The normalized spacial score (nSPS) is 16.0. The average molecular weight is 406 g/mol. The van der Waals surface area contributed by atoms with Crippen molar-refractivity contribution in [1.29, 1.82) is 0 Å². The highest BCUT2D eigenvalue weighted by Crippen LogP contribution is 2.32. The summed E-state index contributed by atoms with van der Waals surface area (Å²) in [6.45, 7) is 4.89. The van der Waals surface area contributed by atoms with Crippen LogP contribution < -0.4 is 15.0 Å². The van der Waals surface area contributed by atoms with E-state index in [2.05, 4.69) is 15.5 Å². The molecule has 8 nitrogen and oxygen atoms in total. The Kier molecular flexibility index (Phi) is 5.47. The van der Waals surface area contributed by atoms with Crippen LogP contribution >= 0.6 is 0 Å². The van der Waals surface area contributed by atoms with E-state index in [0.717, 1.165) is 17.0 Å². The number of benzene rings is 2. The molecule has 0 aliphatic carbocycles. The van der Waals surface area contributed by atoms with Crippen LogP contribution in [0.3, 0.4) is 0 Å². The number of aromatic nitrogens is 2. The second kappa shape index (κ2) is 8.36. The molecule has 1 unspecified atom stereocenters. The third kappa shape index (κ3) is 4.17. The highest BCUT2D eigenvalue weighted by Gasteiger charge is 2.35. The Morgan fingerprint density at radius 3 is 2.60 bits per heavy atom. The van der Waals surface area contributed by atoms with Gasteiger partial charge in [-0.05, 0) is 50.2 Å². The first-order chi connectivity index (χ1) is 14.5. The van der Waals surface area contributed by atoms with Crippen LogP contribution in [0.1, 0.15) is 41.1 Å². The Labute approximate surface area is 173 Å². The van der Waals surface area contributed by atoms with Gasteiger partial charge in [0.25, 0.3) is 5.91 Å². The van der Waals surface area contributed by atoms with Crippen molar-refractivity contribution in [3.8, 4) is 5.75 Å². The molecular weight excluding hydrogens is 384 g/mol. The predicted molar refractivity (Wildman–Crippen MR) is 111 cm³/mol. The first-order valence-corrected chi connectivity index (χ1v) is 9.78. The van der Waals surface area contributed by atoms with E-state index in [1.165, 1.54) is 0 Å². The number of ether oxygens (including phenoxy) is 1. The summed E-state index contributed by atoms with van der Waals surface area (Å²) in [6, 6.07) is 14.6. The third-order valence-electron chi connectivity index (χ3n) is 4.91. The lowest BCUT2D eigenvalue weighted by Gasteiger charge is -2.16.